The molecule has 0 saturated heterocycles. The van der Waals surface area contributed by atoms with Gasteiger partial charge in [-0.15, -0.1) is 0 Å². The molecule has 3 rings (SSSR count). The number of benzene rings is 2. The van der Waals surface area contributed by atoms with Gasteiger partial charge >= 0.3 is 0 Å². The molecule has 0 saturated carbocycles. The van der Waals surface area contributed by atoms with E-state index in [9.17, 15) is 0 Å². The summed E-state index contributed by atoms with van der Waals surface area (Å²) in [5.41, 5.74) is 7.84. The summed E-state index contributed by atoms with van der Waals surface area (Å²) in [7, 11) is 0. The highest BCUT2D eigenvalue weighted by molar-refractivity contribution is 5.73. The van der Waals surface area contributed by atoms with Crippen molar-refractivity contribution in [2.24, 2.45) is 0 Å². The second-order valence-corrected chi connectivity index (χ2v) is 4.25. The molecule has 0 spiro atoms. The Morgan fingerprint density at radius 1 is 0.950 bits per heavy atom. The van der Waals surface area contributed by atoms with Gasteiger partial charge in [0, 0.05) is 11.8 Å². The van der Waals surface area contributed by atoms with E-state index in [1.165, 1.54) is 6.39 Å². The highest BCUT2D eigenvalue weighted by Gasteiger charge is 2.01. The first-order valence-electron chi connectivity index (χ1n) is 6.26. The monoisotopic (exact) mass is 270 g/mol. The molecule has 5 nitrogen and oxygen atoms in total. The van der Waals surface area contributed by atoms with Gasteiger partial charge < -0.3 is 19.6 Å². The molecule has 2 N–H and O–H groups in total. The second kappa shape index (κ2) is 5.52. The summed E-state index contributed by atoms with van der Waals surface area (Å²) in [4.78, 5) is 4.07. The van der Waals surface area contributed by atoms with E-state index in [2.05, 4.69) is 4.98 Å². The SMILES string of the molecule is Nc1ccc(OCCOc2ccc3ocnc3c2)cc1. The molecule has 0 radical (unpaired) electrons. The molecule has 0 amide bonds. The quantitative estimate of drug-likeness (QED) is 0.570. The molecule has 0 aliphatic carbocycles. The maximum Gasteiger partial charge on any atom is 0.181 e. The van der Waals surface area contributed by atoms with Crippen molar-refractivity contribution < 1.29 is 13.9 Å². The van der Waals surface area contributed by atoms with Crippen LogP contribution in [-0.2, 0) is 0 Å². The first-order valence-corrected chi connectivity index (χ1v) is 6.26. The van der Waals surface area contributed by atoms with Crippen LogP contribution in [0.15, 0.2) is 53.3 Å². The minimum absolute atomic E-state index is 0.452. The molecular weight excluding hydrogens is 256 g/mol. The molecule has 3 aromatic rings. The summed E-state index contributed by atoms with van der Waals surface area (Å²) in [5, 5.41) is 0. The Hall–Kier alpha value is -2.69. The maximum absolute atomic E-state index is 5.60. The lowest BCUT2D eigenvalue weighted by molar-refractivity contribution is 0.217. The number of ether oxygens (including phenoxy) is 2. The van der Waals surface area contributed by atoms with Gasteiger partial charge in [0.05, 0.1) is 0 Å². The van der Waals surface area contributed by atoms with Crippen LogP contribution in [0.5, 0.6) is 11.5 Å². The smallest absolute Gasteiger partial charge is 0.181 e. The summed E-state index contributed by atoms with van der Waals surface area (Å²) in [6, 6.07) is 12.8. The number of oxazole rings is 1. The van der Waals surface area contributed by atoms with Crippen molar-refractivity contribution in [2.75, 3.05) is 18.9 Å². The molecule has 0 atom stereocenters. The van der Waals surface area contributed by atoms with Crippen molar-refractivity contribution in [1.82, 2.24) is 4.98 Å². The molecule has 0 aliphatic heterocycles. The largest absolute Gasteiger partial charge is 0.490 e. The Kier molecular flexibility index (Phi) is 3.41. The Labute approximate surface area is 115 Å². The minimum Gasteiger partial charge on any atom is -0.490 e. The van der Waals surface area contributed by atoms with Gasteiger partial charge in [-0.2, -0.15) is 0 Å². The Balaban J connectivity index is 1.50. The van der Waals surface area contributed by atoms with Gasteiger partial charge in [-0.1, -0.05) is 0 Å². The highest BCUT2D eigenvalue weighted by atomic mass is 16.5. The van der Waals surface area contributed by atoms with E-state index < -0.39 is 0 Å². The van der Waals surface area contributed by atoms with Crippen LogP contribution in [0.1, 0.15) is 0 Å². The fraction of sp³-hybridized carbons (Fsp3) is 0.133. The van der Waals surface area contributed by atoms with E-state index >= 15 is 0 Å². The number of nitrogens with two attached hydrogens (primary N) is 1. The normalized spacial score (nSPS) is 10.6. The Morgan fingerprint density at radius 2 is 1.65 bits per heavy atom. The van der Waals surface area contributed by atoms with Crippen LogP contribution in [0.2, 0.25) is 0 Å². The molecule has 0 fully saturated rings. The summed E-state index contributed by atoms with van der Waals surface area (Å²) in [6.07, 6.45) is 1.42. The Bertz CT molecular complexity index is 692. The lowest BCUT2D eigenvalue weighted by atomic mass is 10.3. The number of anilines is 1. The molecule has 20 heavy (non-hydrogen) atoms. The molecule has 0 bridgehead atoms. The number of rotatable bonds is 5. The van der Waals surface area contributed by atoms with Gasteiger partial charge in [0.15, 0.2) is 12.0 Å². The fourth-order valence-electron chi connectivity index (χ4n) is 1.81. The topological polar surface area (TPSA) is 70.5 Å². The first-order chi connectivity index (χ1) is 9.81. The van der Waals surface area contributed by atoms with E-state index in [-0.39, 0.29) is 0 Å². The second-order valence-electron chi connectivity index (χ2n) is 4.25. The van der Waals surface area contributed by atoms with Crippen LogP contribution in [0.4, 0.5) is 5.69 Å². The zero-order chi connectivity index (χ0) is 13.8. The number of nitrogen functional groups attached to an aromatic ring is 1. The zero-order valence-electron chi connectivity index (χ0n) is 10.8. The standard InChI is InChI=1S/C15H14N2O3/c16-11-1-3-12(4-2-11)18-7-8-19-13-5-6-15-14(9-13)17-10-20-15/h1-6,9-10H,7-8,16H2. The third-order valence-electron chi connectivity index (χ3n) is 2.80. The van der Waals surface area contributed by atoms with E-state index in [4.69, 9.17) is 19.6 Å². The van der Waals surface area contributed by atoms with Crippen LogP contribution < -0.4 is 15.2 Å². The van der Waals surface area contributed by atoms with Gasteiger partial charge in [-0.25, -0.2) is 4.98 Å². The van der Waals surface area contributed by atoms with Crippen molar-refractivity contribution >= 4 is 16.8 Å². The zero-order valence-corrected chi connectivity index (χ0v) is 10.8. The van der Waals surface area contributed by atoms with E-state index in [1.807, 2.05) is 30.3 Å². The minimum atomic E-state index is 0.452. The molecule has 0 unspecified atom stereocenters. The van der Waals surface area contributed by atoms with Gasteiger partial charge in [0.2, 0.25) is 0 Å². The summed E-state index contributed by atoms with van der Waals surface area (Å²) >= 11 is 0. The molecule has 0 aliphatic rings. The third-order valence-corrected chi connectivity index (χ3v) is 2.80. The van der Waals surface area contributed by atoms with Crippen LogP contribution in [0.25, 0.3) is 11.1 Å². The average molecular weight is 270 g/mol. The van der Waals surface area contributed by atoms with Gasteiger partial charge in [0.1, 0.15) is 30.2 Å². The molecule has 1 aromatic heterocycles. The third kappa shape index (κ3) is 2.83. The molecular formula is C15H14N2O3. The highest BCUT2D eigenvalue weighted by Crippen LogP contribution is 2.19. The maximum atomic E-state index is 5.60. The molecule has 5 heteroatoms. The predicted octanol–water partition coefficient (Wildman–Crippen LogP) is 2.87. The first kappa shape index (κ1) is 12.3. The lowest BCUT2D eigenvalue weighted by Gasteiger charge is -2.08. The van der Waals surface area contributed by atoms with Crippen molar-refractivity contribution in [3.8, 4) is 11.5 Å². The summed E-state index contributed by atoms with van der Waals surface area (Å²) in [5.74, 6) is 1.52. The van der Waals surface area contributed by atoms with Crippen molar-refractivity contribution in [2.45, 2.75) is 0 Å². The molecule has 1 heterocycles. The Morgan fingerprint density at radius 3 is 2.45 bits per heavy atom. The van der Waals surface area contributed by atoms with Gasteiger partial charge in [-0.3, -0.25) is 0 Å². The summed E-state index contributed by atoms with van der Waals surface area (Å²) in [6.45, 7) is 0.911. The fourth-order valence-corrected chi connectivity index (χ4v) is 1.81. The van der Waals surface area contributed by atoms with E-state index in [0.29, 0.717) is 13.2 Å². The average Bonchev–Trinajstić information content (AvgIpc) is 2.93. The van der Waals surface area contributed by atoms with E-state index in [0.717, 1.165) is 28.3 Å². The van der Waals surface area contributed by atoms with Gasteiger partial charge in [-0.05, 0) is 36.4 Å². The van der Waals surface area contributed by atoms with Crippen molar-refractivity contribution in [3.05, 3.63) is 48.9 Å². The molecule has 2 aromatic carbocycles. The van der Waals surface area contributed by atoms with Crippen molar-refractivity contribution in [3.63, 3.8) is 0 Å². The van der Waals surface area contributed by atoms with E-state index in [1.54, 1.807) is 12.1 Å². The van der Waals surface area contributed by atoms with Crippen LogP contribution in [-0.4, -0.2) is 18.2 Å². The number of aromatic nitrogens is 1. The summed E-state index contributed by atoms with van der Waals surface area (Å²) < 4.78 is 16.3. The lowest BCUT2D eigenvalue weighted by Crippen LogP contribution is -2.08. The number of fused-ring (bicyclic) bond motifs is 1. The number of hydrogen-bond acceptors (Lipinski definition) is 5. The predicted molar refractivity (Wildman–Crippen MR) is 75.9 cm³/mol. The number of hydrogen-bond donors (Lipinski definition) is 1. The molecule has 102 valence electrons. The van der Waals surface area contributed by atoms with Crippen LogP contribution >= 0.6 is 0 Å². The van der Waals surface area contributed by atoms with Gasteiger partial charge in [0.25, 0.3) is 0 Å². The van der Waals surface area contributed by atoms with Crippen molar-refractivity contribution in [1.29, 1.82) is 0 Å². The van der Waals surface area contributed by atoms with Crippen LogP contribution in [0.3, 0.4) is 0 Å². The number of nitrogens with zero attached hydrogens (tertiary/aromatic N) is 1. The van der Waals surface area contributed by atoms with Crippen LogP contribution in [0, 0.1) is 0 Å².